The Hall–Kier alpha value is -2.27. The second-order valence-electron chi connectivity index (χ2n) is 6.29. The standard InChI is InChI=1S/C21H16BrClN2O3S/c1-28-21(27)18-17(13-3-2-4-14(22)9-13)16(10-24)20(25-19(18)26)29-11-12-5-7-15(23)8-6-12/h2-9,17-18H,11H2,1H3,(H,25,26)/t17-,18+/m0/s1. The maximum absolute atomic E-state index is 12.8. The fourth-order valence-electron chi connectivity index (χ4n) is 3.12. The van der Waals surface area contributed by atoms with Crippen molar-refractivity contribution in [3.05, 3.63) is 79.8 Å². The monoisotopic (exact) mass is 490 g/mol. The van der Waals surface area contributed by atoms with Gasteiger partial charge in [0.1, 0.15) is 5.92 Å². The SMILES string of the molecule is COC(=O)[C@H]1C(=O)NC(SCc2ccc(Cl)cc2)=C(C#N)[C@@H]1c1cccc(Br)c1. The molecule has 0 saturated heterocycles. The number of nitrogens with one attached hydrogen (secondary N) is 1. The quantitative estimate of drug-likeness (QED) is 0.481. The minimum atomic E-state index is -1.14. The van der Waals surface area contributed by atoms with E-state index in [-0.39, 0.29) is 0 Å². The molecule has 1 heterocycles. The molecule has 3 rings (SSSR count). The van der Waals surface area contributed by atoms with E-state index in [1.807, 2.05) is 18.2 Å². The van der Waals surface area contributed by atoms with Crippen molar-refractivity contribution in [3.63, 3.8) is 0 Å². The first kappa shape index (κ1) is 21.4. The smallest absolute Gasteiger partial charge is 0.319 e. The highest BCUT2D eigenvalue weighted by Gasteiger charge is 2.44. The first-order valence-electron chi connectivity index (χ1n) is 8.60. The fraction of sp³-hybridized carbons (Fsp3) is 0.190. The number of allylic oxidation sites excluding steroid dienone is 1. The molecule has 0 radical (unpaired) electrons. The molecule has 148 valence electrons. The Morgan fingerprint density at radius 1 is 1.31 bits per heavy atom. The predicted molar refractivity (Wildman–Crippen MR) is 116 cm³/mol. The van der Waals surface area contributed by atoms with Gasteiger partial charge in [0.2, 0.25) is 5.91 Å². The number of halogens is 2. The van der Waals surface area contributed by atoms with E-state index in [1.165, 1.54) is 18.9 Å². The molecule has 1 aliphatic rings. The maximum atomic E-state index is 12.8. The number of nitriles is 1. The zero-order chi connectivity index (χ0) is 21.0. The second-order valence-corrected chi connectivity index (χ2v) is 8.63. The van der Waals surface area contributed by atoms with E-state index in [0.29, 0.717) is 26.9 Å². The van der Waals surface area contributed by atoms with Gasteiger partial charge >= 0.3 is 5.97 Å². The van der Waals surface area contributed by atoms with Crippen molar-refractivity contribution in [2.24, 2.45) is 5.92 Å². The third-order valence-electron chi connectivity index (χ3n) is 4.49. The molecule has 2 atom stereocenters. The number of amides is 1. The molecule has 0 spiro atoms. The average Bonchev–Trinajstić information content (AvgIpc) is 2.72. The Labute approximate surface area is 186 Å². The van der Waals surface area contributed by atoms with Crippen LogP contribution in [0.4, 0.5) is 0 Å². The summed E-state index contributed by atoms with van der Waals surface area (Å²) in [6.45, 7) is 0. The molecular weight excluding hydrogens is 476 g/mol. The van der Waals surface area contributed by atoms with Crippen LogP contribution in [0.3, 0.4) is 0 Å². The lowest BCUT2D eigenvalue weighted by molar-refractivity contribution is -0.150. The zero-order valence-corrected chi connectivity index (χ0v) is 18.5. The molecule has 0 aromatic heterocycles. The number of methoxy groups -OCH3 is 1. The van der Waals surface area contributed by atoms with Crippen molar-refractivity contribution in [2.75, 3.05) is 7.11 Å². The number of ether oxygens (including phenoxy) is 1. The number of rotatable bonds is 5. The van der Waals surface area contributed by atoms with Gasteiger partial charge in [-0.2, -0.15) is 5.26 Å². The molecule has 5 nitrogen and oxygen atoms in total. The van der Waals surface area contributed by atoms with Crippen molar-refractivity contribution in [2.45, 2.75) is 11.7 Å². The van der Waals surface area contributed by atoms with E-state index in [4.69, 9.17) is 16.3 Å². The van der Waals surface area contributed by atoms with Gasteiger partial charge in [-0.1, -0.05) is 51.8 Å². The molecule has 0 unspecified atom stereocenters. The number of thioether (sulfide) groups is 1. The van der Waals surface area contributed by atoms with Crippen molar-refractivity contribution < 1.29 is 14.3 Å². The Morgan fingerprint density at radius 3 is 2.66 bits per heavy atom. The lowest BCUT2D eigenvalue weighted by Crippen LogP contribution is -2.44. The van der Waals surface area contributed by atoms with Crippen molar-refractivity contribution in [1.29, 1.82) is 5.26 Å². The summed E-state index contributed by atoms with van der Waals surface area (Å²) in [5, 5.41) is 13.7. The van der Waals surface area contributed by atoms with Crippen LogP contribution >= 0.6 is 39.3 Å². The van der Waals surface area contributed by atoms with Gasteiger partial charge in [-0.05, 0) is 35.4 Å². The summed E-state index contributed by atoms with van der Waals surface area (Å²) in [6.07, 6.45) is 0. The van der Waals surface area contributed by atoms with Gasteiger partial charge in [0.15, 0.2) is 0 Å². The predicted octanol–water partition coefficient (Wildman–Crippen LogP) is 4.77. The highest BCUT2D eigenvalue weighted by molar-refractivity contribution is 9.10. The number of nitrogens with zero attached hydrogens (tertiary/aromatic N) is 1. The summed E-state index contributed by atoms with van der Waals surface area (Å²) in [6, 6.07) is 16.8. The molecule has 0 bridgehead atoms. The molecule has 2 aromatic rings. The Bertz CT molecular complexity index is 1020. The molecule has 0 saturated carbocycles. The van der Waals surface area contributed by atoms with E-state index in [2.05, 4.69) is 27.3 Å². The molecule has 1 amide bonds. The molecule has 0 aliphatic carbocycles. The lowest BCUT2D eigenvalue weighted by atomic mass is 9.78. The normalized spacial score (nSPS) is 18.8. The van der Waals surface area contributed by atoms with E-state index in [1.54, 1.807) is 30.3 Å². The third-order valence-corrected chi connectivity index (χ3v) is 6.32. The van der Waals surface area contributed by atoms with E-state index >= 15 is 0 Å². The summed E-state index contributed by atoms with van der Waals surface area (Å²) in [7, 11) is 1.23. The first-order valence-corrected chi connectivity index (χ1v) is 10.8. The van der Waals surface area contributed by atoms with Crippen LogP contribution in [0.25, 0.3) is 0 Å². The van der Waals surface area contributed by atoms with Crippen LogP contribution in [0.2, 0.25) is 5.02 Å². The van der Waals surface area contributed by atoms with Gasteiger partial charge in [0.05, 0.1) is 23.8 Å². The molecule has 8 heteroatoms. The Kier molecular flexibility index (Phi) is 7.01. The number of hydrogen-bond donors (Lipinski definition) is 1. The molecular formula is C21H16BrClN2O3S. The molecule has 1 aliphatic heterocycles. The van der Waals surface area contributed by atoms with Crippen molar-refractivity contribution >= 4 is 51.2 Å². The van der Waals surface area contributed by atoms with Crippen molar-refractivity contribution in [1.82, 2.24) is 5.32 Å². The largest absolute Gasteiger partial charge is 0.468 e. The maximum Gasteiger partial charge on any atom is 0.319 e. The van der Waals surface area contributed by atoms with Crippen LogP contribution in [0, 0.1) is 17.2 Å². The highest BCUT2D eigenvalue weighted by Crippen LogP contribution is 2.41. The topological polar surface area (TPSA) is 79.2 Å². The van der Waals surface area contributed by atoms with Crippen molar-refractivity contribution in [3.8, 4) is 6.07 Å². The van der Waals surface area contributed by atoms with Crippen LogP contribution < -0.4 is 5.32 Å². The summed E-state index contributed by atoms with van der Waals surface area (Å²) in [5.41, 5.74) is 2.01. The van der Waals surface area contributed by atoms with Crippen LogP contribution in [0.1, 0.15) is 17.0 Å². The summed E-state index contributed by atoms with van der Waals surface area (Å²) in [5.74, 6) is -2.50. The van der Waals surface area contributed by atoms with Gasteiger partial charge in [-0.3, -0.25) is 9.59 Å². The minimum absolute atomic E-state index is 0.331. The van der Waals surface area contributed by atoms with Crippen LogP contribution in [0.5, 0.6) is 0 Å². The van der Waals surface area contributed by atoms with Crippen LogP contribution in [0.15, 0.2) is 63.6 Å². The van der Waals surface area contributed by atoms with Gasteiger partial charge in [0, 0.05) is 21.2 Å². The number of hydrogen-bond acceptors (Lipinski definition) is 5. The Balaban J connectivity index is 2.01. The summed E-state index contributed by atoms with van der Waals surface area (Å²) >= 11 is 10.7. The Morgan fingerprint density at radius 2 is 2.03 bits per heavy atom. The second kappa shape index (κ2) is 9.49. The van der Waals surface area contributed by atoms with Gasteiger partial charge < -0.3 is 10.1 Å². The molecule has 2 aromatic carbocycles. The third kappa shape index (κ3) is 4.84. The molecule has 0 fully saturated rings. The summed E-state index contributed by atoms with van der Waals surface area (Å²) < 4.78 is 5.64. The number of benzene rings is 2. The first-order chi connectivity index (χ1) is 13.9. The number of esters is 1. The van der Waals surface area contributed by atoms with Crippen LogP contribution in [-0.2, 0) is 20.1 Å². The fourth-order valence-corrected chi connectivity index (χ4v) is 4.66. The number of carbonyl (C=O) groups excluding carboxylic acids is 2. The van der Waals surface area contributed by atoms with Crippen LogP contribution in [-0.4, -0.2) is 19.0 Å². The average molecular weight is 492 g/mol. The van der Waals surface area contributed by atoms with E-state index in [0.717, 1.165) is 10.0 Å². The number of carbonyl (C=O) groups is 2. The lowest BCUT2D eigenvalue weighted by Gasteiger charge is -2.31. The molecule has 29 heavy (non-hydrogen) atoms. The van der Waals surface area contributed by atoms with E-state index < -0.39 is 23.7 Å². The summed E-state index contributed by atoms with van der Waals surface area (Å²) in [4.78, 5) is 25.2. The van der Waals surface area contributed by atoms with Gasteiger partial charge in [-0.25, -0.2) is 0 Å². The van der Waals surface area contributed by atoms with Gasteiger partial charge in [-0.15, -0.1) is 11.8 Å². The van der Waals surface area contributed by atoms with Gasteiger partial charge in [0.25, 0.3) is 0 Å². The van der Waals surface area contributed by atoms with E-state index in [9.17, 15) is 14.9 Å². The highest BCUT2D eigenvalue weighted by atomic mass is 79.9. The minimum Gasteiger partial charge on any atom is -0.468 e. The molecule has 1 N–H and O–H groups in total. The zero-order valence-electron chi connectivity index (χ0n) is 15.3.